The molecule has 1 heterocycles. The van der Waals surface area contributed by atoms with Crippen molar-refractivity contribution >= 4 is 16.5 Å². The third-order valence-corrected chi connectivity index (χ3v) is 1.74. The second-order valence-electron chi connectivity index (χ2n) is 1.87. The Bertz CT molecular complexity index is 178. The number of nitrogens with one attached hydrogen (secondary N) is 1. The number of nitrogens with zero attached hydrogens (tertiary/aromatic N) is 2. The molecule has 0 saturated carbocycles. The van der Waals surface area contributed by atoms with Crippen molar-refractivity contribution in [3.05, 3.63) is 5.51 Å². The molecule has 0 aromatic carbocycles. The van der Waals surface area contributed by atoms with Crippen molar-refractivity contribution in [3.8, 4) is 0 Å². The lowest BCUT2D eigenvalue weighted by Gasteiger charge is -2.00. The molecule has 5 heteroatoms. The Balaban J connectivity index is 2.04. The van der Waals surface area contributed by atoms with Crippen LogP contribution in [0.15, 0.2) is 5.51 Å². The van der Waals surface area contributed by atoms with Gasteiger partial charge >= 0.3 is 0 Å². The van der Waals surface area contributed by atoms with Crippen molar-refractivity contribution in [2.24, 2.45) is 0 Å². The van der Waals surface area contributed by atoms with E-state index in [0.717, 1.165) is 24.9 Å². The van der Waals surface area contributed by atoms with Crippen LogP contribution in [0.3, 0.4) is 0 Å². The highest BCUT2D eigenvalue weighted by atomic mass is 32.1. The van der Waals surface area contributed by atoms with Crippen molar-refractivity contribution in [3.63, 3.8) is 0 Å². The molecular weight excluding hydrogens is 162 g/mol. The first kappa shape index (κ1) is 8.42. The van der Waals surface area contributed by atoms with E-state index in [4.69, 9.17) is 4.74 Å². The van der Waals surface area contributed by atoms with Gasteiger partial charge in [-0.15, -0.1) is 10.2 Å². The van der Waals surface area contributed by atoms with E-state index < -0.39 is 0 Å². The average molecular weight is 173 g/mol. The molecule has 11 heavy (non-hydrogen) atoms. The van der Waals surface area contributed by atoms with Crippen LogP contribution in [0.25, 0.3) is 0 Å². The molecule has 62 valence electrons. The number of hydrogen-bond acceptors (Lipinski definition) is 5. The van der Waals surface area contributed by atoms with Crippen molar-refractivity contribution in [2.75, 3.05) is 25.1 Å². The Morgan fingerprint density at radius 1 is 1.73 bits per heavy atom. The Morgan fingerprint density at radius 2 is 2.64 bits per heavy atom. The zero-order valence-electron chi connectivity index (χ0n) is 6.41. The minimum absolute atomic E-state index is 0.718. The molecule has 0 aliphatic heterocycles. The number of ether oxygens (including phenoxy) is 1. The van der Waals surface area contributed by atoms with E-state index >= 15 is 0 Å². The van der Waals surface area contributed by atoms with Crippen LogP contribution in [-0.2, 0) is 4.74 Å². The predicted octanol–water partition coefficient (Wildman–Crippen LogP) is 0.986. The van der Waals surface area contributed by atoms with Gasteiger partial charge in [-0.25, -0.2) is 0 Å². The monoisotopic (exact) mass is 173 g/mol. The highest BCUT2D eigenvalue weighted by Crippen LogP contribution is 2.06. The van der Waals surface area contributed by atoms with Gasteiger partial charge in [0.05, 0.1) is 6.61 Å². The normalized spacial score (nSPS) is 9.91. The van der Waals surface area contributed by atoms with Gasteiger partial charge in [0, 0.05) is 13.2 Å². The molecule has 1 rings (SSSR count). The van der Waals surface area contributed by atoms with Crippen molar-refractivity contribution in [2.45, 2.75) is 6.92 Å². The first-order valence-electron chi connectivity index (χ1n) is 3.51. The van der Waals surface area contributed by atoms with Crippen LogP contribution in [0, 0.1) is 0 Å². The highest BCUT2D eigenvalue weighted by Gasteiger charge is 1.92. The largest absolute Gasteiger partial charge is 0.380 e. The molecular formula is C6H11N3OS. The van der Waals surface area contributed by atoms with Gasteiger partial charge < -0.3 is 10.1 Å². The zero-order valence-corrected chi connectivity index (χ0v) is 7.23. The first-order valence-corrected chi connectivity index (χ1v) is 4.39. The van der Waals surface area contributed by atoms with Gasteiger partial charge in [0.1, 0.15) is 5.51 Å². The van der Waals surface area contributed by atoms with E-state index in [1.54, 1.807) is 5.51 Å². The Kier molecular flexibility index (Phi) is 3.85. The van der Waals surface area contributed by atoms with Crippen molar-refractivity contribution in [1.82, 2.24) is 10.2 Å². The fourth-order valence-electron chi connectivity index (χ4n) is 0.625. The lowest BCUT2D eigenvalue weighted by molar-refractivity contribution is 0.158. The summed E-state index contributed by atoms with van der Waals surface area (Å²) in [6.07, 6.45) is 0. The Hall–Kier alpha value is -0.680. The topological polar surface area (TPSA) is 47.0 Å². The third-order valence-electron chi connectivity index (χ3n) is 1.09. The summed E-state index contributed by atoms with van der Waals surface area (Å²) in [5.41, 5.74) is 1.70. The summed E-state index contributed by atoms with van der Waals surface area (Å²) in [6, 6.07) is 0. The molecule has 0 aliphatic carbocycles. The lowest BCUT2D eigenvalue weighted by Crippen LogP contribution is -2.08. The maximum atomic E-state index is 5.13. The molecule has 0 saturated heterocycles. The van der Waals surface area contributed by atoms with Crippen LogP contribution >= 0.6 is 11.3 Å². The van der Waals surface area contributed by atoms with Crippen LogP contribution in [0.2, 0.25) is 0 Å². The maximum Gasteiger partial charge on any atom is 0.205 e. The summed E-state index contributed by atoms with van der Waals surface area (Å²) in [7, 11) is 0. The average Bonchev–Trinajstić information content (AvgIpc) is 2.50. The summed E-state index contributed by atoms with van der Waals surface area (Å²) in [5.74, 6) is 0. The highest BCUT2D eigenvalue weighted by molar-refractivity contribution is 7.13. The van der Waals surface area contributed by atoms with E-state index in [0.29, 0.717) is 0 Å². The molecule has 1 N–H and O–H groups in total. The third kappa shape index (κ3) is 3.29. The molecule has 4 nitrogen and oxygen atoms in total. The summed E-state index contributed by atoms with van der Waals surface area (Å²) in [6.45, 7) is 4.25. The van der Waals surface area contributed by atoms with Crippen molar-refractivity contribution < 1.29 is 4.74 Å². The molecule has 0 amide bonds. The van der Waals surface area contributed by atoms with Gasteiger partial charge in [-0.1, -0.05) is 11.3 Å². The minimum Gasteiger partial charge on any atom is -0.380 e. The quantitative estimate of drug-likeness (QED) is 0.674. The first-order chi connectivity index (χ1) is 5.43. The molecule has 0 fully saturated rings. The van der Waals surface area contributed by atoms with Crippen LogP contribution in [-0.4, -0.2) is 30.0 Å². The van der Waals surface area contributed by atoms with Gasteiger partial charge in [-0.05, 0) is 6.92 Å². The number of aromatic nitrogens is 2. The zero-order chi connectivity index (χ0) is 7.94. The molecule has 1 aromatic rings. The second-order valence-corrected chi connectivity index (χ2v) is 2.70. The fraction of sp³-hybridized carbons (Fsp3) is 0.667. The van der Waals surface area contributed by atoms with Gasteiger partial charge in [0.15, 0.2) is 0 Å². The Morgan fingerprint density at radius 3 is 3.27 bits per heavy atom. The summed E-state index contributed by atoms with van der Waals surface area (Å²) >= 11 is 1.49. The number of anilines is 1. The van der Waals surface area contributed by atoms with E-state index in [1.807, 2.05) is 6.92 Å². The summed E-state index contributed by atoms with van der Waals surface area (Å²) in [5, 5.41) is 11.4. The van der Waals surface area contributed by atoms with E-state index in [2.05, 4.69) is 15.5 Å². The van der Waals surface area contributed by atoms with Crippen LogP contribution in [0.1, 0.15) is 6.92 Å². The summed E-state index contributed by atoms with van der Waals surface area (Å²) < 4.78 is 5.13. The van der Waals surface area contributed by atoms with Gasteiger partial charge in [-0.2, -0.15) is 0 Å². The van der Waals surface area contributed by atoms with E-state index in [9.17, 15) is 0 Å². The fourth-order valence-corrected chi connectivity index (χ4v) is 1.10. The number of rotatable bonds is 5. The minimum atomic E-state index is 0.718. The molecule has 0 aliphatic rings. The Labute approximate surface area is 69.6 Å². The number of hydrogen-bond donors (Lipinski definition) is 1. The molecule has 0 spiro atoms. The predicted molar refractivity (Wildman–Crippen MR) is 44.9 cm³/mol. The molecule has 0 atom stereocenters. The van der Waals surface area contributed by atoms with Crippen LogP contribution in [0.4, 0.5) is 5.13 Å². The molecule has 0 radical (unpaired) electrons. The van der Waals surface area contributed by atoms with Crippen LogP contribution in [0.5, 0.6) is 0 Å². The molecule has 0 unspecified atom stereocenters. The summed E-state index contributed by atoms with van der Waals surface area (Å²) in [4.78, 5) is 0. The van der Waals surface area contributed by atoms with E-state index in [1.165, 1.54) is 11.3 Å². The smallest absolute Gasteiger partial charge is 0.205 e. The van der Waals surface area contributed by atoms with Crippen molar-refractivity contribution in [1.29, 1.82) is 0 Å². The van der Waals surface area contributed by atoms with Crippen LogP contribution < -0.4 is 5.32 Å². The maximum absolute atomic E-state index is 5.13. The van der Waals surface area contributed by atoms with Gasteiger partial charge in [0.25, 0.3) is 0 Å². The SMILES string of the molecule is CCOCCNc1nncs1. The van der Waals surface area contributed by atoms with Gasteiger partial charge in [-0.3, -0.25) is 0 Å². The lowest BCUT2D eigenvalue weighted by atomic mass is 10.7. The molecule has 1 aromatic heterocycles. The second kappa shape index (κ2) is 5.03. The molecule has 0 bridgehead atoms. The van der Waals surface area contributed by atoms with Gasteiger partial charge in [0.2, 0.25) is 5.13 Å². The van der Waals surface area contributed by atoms with E-state index in [-0.39, 0.29) is 0 Å². The standard InChI is InChI=1S/C6H11N3OS/c1-2-10-4-3-7-6-9-8-5-11-6/h5H,2-4H2,1H3,(H,7,9).